The van der Waals surface area contributed by atoms with Gasteiger partial charge in [-0.3, -0.25) is 5.10 Å². The van der Waals surface area contributed by atoms with Gasteiger partial charge in [0.15, 0.2) is 0 Å². The molecule has 7 heteroatoms. The summed E-state index contributed by atoms with van der Waals surface area (Å²) in [6.07, 6.45) is 5.06. The van der Waals surface area contributed by atoms with Crippen molar-refractivity contribution < 1.29 is 4.39 Å². The Labute approximate surface area is 126 Å². The molecule has 1 saturated heterocycles. The van der Waals surface area contributed by atoms with E-state index < -0.39 is 0 Å². The number of rotatable bonds is 2. The topological polar surface area (TPSA) is 70.6 Å². The van der Waals surface area contributed by atoms with E-state index in [9.17, 15) is 4.39 Å². The minimum absolute atomic E-state index is 0.257. The predicted octanol–water partition coefficient (Wildman–Crippen LogP) is 2.27. The van der Waals surface area contributed by atoms with E-state index in [-0.39, 0.29) is 11.7 Å². The first-order chi connectivity index (χ1) is 10.8. The molecule has 0 saturated carbocycles. The molecule has 1 aliphatic rings. The average molecular weight is 298 g/mol. The van der Waals surface area contributed by atoms with E-state index in [1.165, 1.54) is 18.7 Å². The van der Waals surface area contributed by atoms with Crippen LogP contribution in [0.25, 0.3) is 10.9 Å². The van der Waals surface area contributed by atoms with Gasteiger partial charge in [-0.2, -0.15) is 5.10 Å². The zero-order valence-corrected chi connectivity index (χ0v) is 11.9. The van der Waals surface area contributed by atoms with Gasteiger partial charge in [0.1, 0.15) is 30.1 Å². The lowest BCUT2D eigenvalue weighted by Gasteiger charge is -2.33. The Kier molecular flexibility index (Phi) is 3.17. The van der Waals surface area contributed by atoms with Gasteiger partial charge in [-0.1, -0.05) is 6.07 Å². The molecule has 22 heavy (non-hydrogen) atoms. The van der Waals surface area contributed by atoms with E-state index in [0.717, 1.165) is 31.8 Å². The number of nitrogens with zero attached hydrogens (tertiary/aromatic N) is 5. The normalized spacial score (nSPS) is 18.8. The zero-order valence-electron chi connectivity index (χ0n) is 11.9. The van der Waals surface area contributed by atoms with Crippen molar-refractivity contribution in [3.05, 3.63) is 42.5 Å². The van der Waals surface area contributed by atoms with Crippen molar-refractivity contribution in [2.75, 3.05) is 18.0 Å². The number of aromatic amines is 1. The smallest absolute Gasteiger partial charge is 0.142 e. The molecule has 0 amide bonds. The number of nitrogens with one attached hydrogen (secondary N) is 1. The fourth-order valence-electron chi connectivity index (χ4n) is 3.10. The first-order valence-corrected chi connectivity index (χ1v) is 7.32. The second kappa shape index (κ2) is 5.32. The standard InChI is InChI=1S/C15H15FN6/c16-11-4-1-5-12-13(11)15(19-8-17-12)22-6-2-3-10(7-22)14-18-9-20-21-14/h1,4-5,8-10H,2-3,6-7H2,(H,18,20,21)/t10-/m1/s1. The molecule has 0 aliphatic carbocycles. The van der Waals surface area contributed by atoms with Gasteiger partial charge in [0.25, 0.3) is 0 Å². The lowest BCUT2D eigenvalue weighted by Crippen LogP contribution is -2.35. The second-order valence-corrected chi connectivity index (χ2v) is 5.49. The van der Waals surface area contributed by atoms with E-state index >= 15 is 0 Å². The summed E-state index contributed by atoms with van der Waals surface area (Å²) < 4.78 is 14.2. The number of H-pyrrole nitrogens is 1. The van der Waals surface area contributed by atoms with Crippen molar-refractivity contribution in [3.63, 3.8) is 0 Å². The maximum absolute atomic E-state index is 14.2. The Balaban J connectivity index is 1.72. The van der Waals surface area contributed by atoms with Crippen LogP contribution in [0.4, 0.5) is 10.2 Å². The van der Waals surface area contributed by atoms with Gasteiger partial charge in [-0.05, 0) is 25.0 Å². The van der Waals surface area contributed by atoms with Crippen LogP contribution in [0.15, 0.2) is 30.9 Å². The van der Waals surface area contributed by atoms with Crippen LogP contribution in [0.1, 0.15) is 24.6 Å². The summed E-state index contributed by atoms with van der Waals surface area (Å²) in [6.45, 7) is 1.60. The lowest BCUT2D eigenvalue weighted by atomic mass is 9.97. The minimum atomic E-state index is -0.283. The molecule has 1 N–H and O–H groups in total. The number of hydrogen-bond donors (Lipinski definition) is 1. The molecule has 0 spiro atoms. The van der Waals surface area contributed by atoms with Gasteiger partial charge in [-0.25, -0.2) is 19.3 Å². The maximum atomic E-state index is 14.2. The molecule has 1 aliphatic heterocycles. The molecular weight excluding hydrogens is 283 g/mol. The zero-order chi connectivity index (χ0) is 14.9. The van der Waals surface area contributed by atoms with Crippen LogP contribution in [0.2, 0.25) is 0 Å². The van der Waals surface area contributed by atoms with Gasteiger partial charge < -0.3 is 4.90 Å². The number of benzene rings is 1. The molecule has 112 valence electrons. The summed E-state index contributed by atoms with van der Waals surface area (Å²) >= 11 is 0. The second-order valence-electron chi connectivity index (χ2n) is 5.49. The Bertz CT molecular complexity index is 783. The molecule has 3 aromatic rings. The quantitative estimate of drug-likeness (QED) is 0.786. The summed E-state index contributed by atoms with van der Waals surface area (Å²) in [7, 11) is 0. The van der Waals surface area contributed by atoms with Crippen molar-refractivity contribution >= 4 is 16.7 Å². The number of anilines is 1. The number of fused-ring (bicyclic) bond motifs is 1. The van der Waals surface area contributed by atoms with Crippen LogP contribution in [0.5, 0.6) is 0 Å². The van der Waals surface area contributed by atoms with Crippen molar-refractivity contribution in [1.29, 1.82) is 0 Å². The van der Waals surface area contributed by atoms with Crippen LogP contribution in [-0.2, 0) is 0 Å². The maximum Gasteiger partial charge on any atom is 0.142 e. The van der Waals surface area contributed by atoms with E-state index in [1.54, 1.807) is 6.07 Å². The molecule has 3 heterocycles. The molecule has 0 unspecified atom stereocenters. The minimum Gasteiger partial charge on any atom is -0.355 e. The summed E-state index contributed by atoms with van der Waals surface area (Å²) in [6, 6.07) is 4.93. The van der Waals surface area contributed by atoms with Crippen molar-refractivity contribution in [2.24, 2.45) is 0 Å². The Morgan fingerprint density at radius 1 is 1.18 bits per heavy atom. The first-order valence-electron chi connectivity index (χ1n) is 7.32. The molecule has 0 radical (unpaired) electrons. The molecule has 1 atom stereocenters. The first kappa shape index (κ1) is 13.1. The van der Waals surface area contributed by atoms with E-state index in [4.69, 9.17) is 0 Å². The van der Waals surface area contributed by atoms with Crippen LogP contribution in [-0.4, -0.2) is 38.2 Å². The fraction of sp³-hybridized carbons (Fsp3) is 0.333. The van der Waals surface area contributed by atoms with Crippen LogP contribution < -0.4 is 4.90 Å². The molecule has 0 bridgehead atoms. The number of hydrogen-bond acceptors (Lipinski definition) is 5. The number of aromatic nitrogens is 5. The third kappa shape index (κ3) is 2.18. The van der Waals surface area contributed by atoms with Gasteiger partial charge in [0.2, 0.25) is 0 Å². The highest BCUT2D eigenvalue weighted by Crippen LogP contribution is 2.31. The molecule has 2 aromatic heterocycles. The Hall–Kier alpha value is -2.57. The molecular formula is C15H15FN6. The molecule has 1 aromatic carbocycles. The number of halogens is 1. The van der Waals surface area contributed by atoms with E-state index in [0.29, 0.717) is 16.7 Å². The number of piperidine rings is 1. The highest BCUT2D eigenvalue weighted by molar-refractivity contribution is 5.89. The largest absolute Gasteiger partial charge is 0.355 e. The molecule has 6 nitrogen and oxygen atoms in total. The lowest BCUT2D eigenvalue weighted by molar-refractivity contribution is 0.490. The SMILES string of the molecule is Fc1cccc2ncnc(N3CCC[C@@H](c4ncn[nH]4)C3)c12. The van der Waals surface area contributed by atoms with Gasteiger partial charge in [0, 0.05) is 19.0 Å². The Morgan fingerprint density at radius 3 is 3.00 bits per heavy atom. The fourth-order valence-corrected chi connectivity index (χ4v) is 3.10. The highest BCUT2D eigenvalue weighted by Gasteiger charge is 2.26. The van der Waals surface area contributed by atoms with Gasteiger partial charge in [0.05, 0.1) is 10.9 Å². The Morgan fingerprint density at radius 2 is 2.14 bits per heavy atom. The van der Waals surface area contributed by atoms with Gasteiger partial charge in [-0.15, -0.1) is 0 Å². The highest BCUT2D eigenvalue weighted by atomic mass is 19.1. The van der Waals surface area contributed by atoms with Crippen LogP contribution in [0, 0.1) is 5.82 Å². The van der Waals surface area contributed by atoms with Crippen LogP contribution >= 0.6 is 0 Å². The third-order valence-electron chi connectivity index (χ3n) is 4.13. The van der Waals surface area contributed by atoms with Crippen LogP contribution in [0.3, 0.4) is 0 Å². The molecule has 4 rings (SSSR count). The van der Waals surface area contributed by atoms with Gasteiger partial charge >= 0.3 is 0 Å². The van der Waals surface area contributed by atoms with Crippen molar-refractivity contribution in [2.45, 2.75) is 18.8 Å². The third-order valence-corrected chi connectivity index (χ3v) is 4.13. The summed E-state index contributed by atoms with van der Waals surface area (Å²) in [5.41, 5.74) is 0.631. The predicted molar refractivity (Wildman–Crippen MR) is 80.1 cm³/mol. The van der Waals surface area contributed by atoms with Crippen molar-refractivity contribution in [3.8, 4) is 0 Å². The van der Waals surface area contributed by atoms with Crippen molar-refractivity contribution in [1.82, 2.24) is 25.1 Å². The van der Waals surface area contributed by atoms with E-state index in [2.05, 4.69) is 30.0 Å². The summed E-state index contributed by atoms with van der Waals surface area (Å²) in [4.78, 5) is 14.9. The average Bonchev–Trinajstić information content (AvgIpc) is 3.09. The van der Waals surface area contributed by atoms with E-state index in [1.807, 2.05) is 6.07 Å². The molecule has 1 fully saturated rings. The summed E-state index contributed by atoms with van der Waals surface area (Å²) in [5, 5.41) is 7.34. The summed E-state index contributed by atoms with van der Waals surface area (Å²) in [5.74, 6) is 1.51. The monoisotopic (exact) mass is 298 g/mol.